The molecule has 0 radical (unpaired) electrons. The molecule has 0 saturated carbocycles. The van der Waals surface area contributed by atoms with Gasteiger partial charge in [0.2, 0.25) is 0 Å². The first-order chi connectivity index (χ1) is 8.01. The summed E-state index contributed by atoms with van der Waals surface area (Å²) in [5, 5.41) is 37.8. The van der Waals surface area contributed by atoms with Gasteiger partial charge in [-0.2, -0.15) is 5.26 Å². The van der Waals surface area contributed by atoms with Gasteiger partial charge in [-0.15, -0.1) is 0 Å². The van der Waals surface area contributed by atoms with E-state index in [4.69, 9.17) is 16.1 Å². The van der Waals surface area contributed by atoms with Crippen molar-refractivity contribution in [3.63, 3.8) is 0 Å². The third kappa shape index (κ3) is 2.69. The lowest BCUT2D eigenvalue weighted by Gasteiger charge is -2.12. The zero-order valence-corrected chi connectivity index (χ0v) is 8.83. The second-order valence-corrected chi connectivity index (χ2v) is 3.42. The Morgan fingerprint density at radius 2 is 2.24 bits per heavy atom. The van der Waals surface area contributed by atoms with Crippen LogP contribution in [-0.2, 0) is 0 Å². The van der Waals surface area contributed by atoms with Gasteiger partial charge in [0.25, 0.3) is 0 Å². The zero-order chi connectivity index (χ0) is 13.0. The van der Waals surface area contributed by atoms with Crippen molar-refractivity contribution >= 4 is 5.69 Å². The Labute approximate surface area is 96.9 Å². The summed E-state index contributed by atoms with van der Waals surface area (Å²) in [5.41, 5.74) is 5.21. The number of phenolic OH excluding ortho intramolecular Hbond substituents is 1. The monoisotopic (exact) mass is 237 g/mol. The molecule has 4 N–H and O–H groups in total. The summed E-state index contributed by atoms with van der Waals surface area (Å²) in [6.45, 7) is -0.217. The Bertz CT molecular complexity index is 481. The average Bonchev–Trinajstić information content (AvgIpc) is 2.29. The van der Waals surface area contributed by atoms with Gasteiger partial charge in [0.1, 0.15) is 0 Å². The largest absolute Gasteiger partial charge is 0.502 e. The summed E-state index contributed by atoms with van der Waals surface area (Å²) >= 11 is 0. The minimum atomic E-state index is -0.786. The molecule has 1 aromatic rings. The standard InChI is InChI=1S/C10H11N3O4/c11-5-6-3-7(8(12)1-2-14)10(15)9(4-6)13(16)17/h3-4,8,14-15H,1-2,12H2/t8-/m1/s1. The van der Waals surface area contributed by atoms with Crippen molar-refractivity contribution in [3.8, 4) is 11.8 Å². The van der Waals surface area contributed by atoms with E-state index in [1.165, 1.54) is 6.07 Å². The van der Waals surface area contributed by atoms with Gasteiger partial charge in [0, 0.05) is 24.3 Å². The molecular weight excluding hydrogens is 226 g/mol. The fourth-order valence-electron chi connectivity index (χ4n) is 1.42. The summed E-state index contributed by atoms with van der Waals surface area (Å²) in [4.78, 5) is 9.88. The molecule has 0 spiro atoms. The Balaban J connectivity index is 3.34. The normalized spacial score (nSPS) is 11.8. The lowest BCUT2D eigenvalue weighted by atomic mass is 10.0. The number of hydrogen-bond acceptors (Lipinski definition) is 6. The molecule has 0 aromatic heterocycles. The highest BCUT2D eigenvalue weighted by Gasteiger charge is 2.22. The van der Waals surface area contributed by atoms with Crippen LogP contribution in [0.5, 0.6) is 5.75 Å². The Morgan fingerprint density at radius 3 is 2.71 bits per heavy atom. The molecule has 0 aliphatic rings. The molecule has 17 heavy (non-hydrogen) atoms. The van der Waals surface area contributed by atoms with Crippen molar-refractivity contribution < 1.29 is 15.1 Å². The van der Waals surface area contributed by atoms with Gasteiger partial charge < -0.3 is 15.9 Å². The van der Waals surface area contributed by atoms with Crippen molar-refractivity contribution in [2.75, 3.05) is 6.61 Å². The van der Waals surface area contributed by atoms with Crippen LogP contribution in [0.4, 0.5) is 5.69 Å². The number of nitriles is 1. The number of benzene rings is 1. The lowest BCUT2D eigenvalue weighted by Crippen LogP contribution is -2.13. The molecule has 1 aromatic carbocycles. The van der Waals surface area contributed by atoms with Crippen LogP contribution in [-0.4, -0.2) is 21.7 Å². The van der Waals surface area contributed by atoms with Crippen LogP contribution in [0.1, 0.15) is 23.6 Å². The minimum Gasteiger partial charge on any atom is -0.502 e. The number of nitro benzene ring substituents is 1. The number of aromatic hydroxyl groups is 1. The Hall–Kier alpha value is -2.17. The topological polar surface area (TPSA) is 133 Å². The molecule has 7 nitrogen and oxygen atoms in total. The van der Waals surface area contributed by atoms with Gasteiger partial charge in [-0.25, -0.2) is 0 Å². The highest BCUT2D eigenvalue weighted by molar-refractivity contribution is 5.56. The number of hydrogen-bond donors (Lipinski definition) is 3. The third-order valence-electron chi connectivity index (χ3n) is 2.28. The number of nitro groups is 1. The summed E-state index contributed by atoms with van der Waals surface area (Å²) in [6, 6.07) is 3.25. The number of nitrogens with two attached hydrogens (primary N) is 1. The second-order valence-electron chi connectivity index (χ2n) is 3.42. The van der Waals surface area contributed by atoms with Crippen LogP contribution < -0.4 is 5.73 Å². The van der Waals surface area contributed by atoms with Gasteiger partial charge in [-0.3, -0.25) is 10.1 Å². The average molecular weight is 237 g/mol. The molecule has 0 heterocycles. The molecular formula is C10H11N3O4. The maximum absolute atomic E-state index is 10.7. The minimum absolute atomic E-state index is 0.0397. The van der Waals surface area contributed by atoms with Crippen LogP contribution in [0.3, 0.4) is 0 Å². The van der Waals surface area contributed by atoms with E-state index < -0.39 is 22.4 Å². The van der Waals surface area contributed by atoms with Gasteiger partial charge in [-0.05, 0) is 12.5 Å². The maximum atomic E-state index is 10.7. The molecule has 90 valence electrons. The lowest BCUT2D eigenvalue weighted by molar-refractivity contribution is -0.386. The van der Waals surface area contributed by atoms with E-state index in [2.05, 4.69) is 0 Å². The van der Waals surface area contributed by atoms with Crippen LogP contribution in [0.25, 0.3) is 0 Å². The first-order valence-corrected chi connectivity index (χ1v) is 4.79. The third-order valence-corrected chi connectivity index (χ3v) is 2.28. The maximum Gasteiger partial charge on any atom is 0.312 e. The molecule has 0 fully saturated rings. The van der Waals surface area contributed by atoms with Gasteiger partial charge >= 0.3 is 5.69 Å². The SMILES string of the molecule is N#Cc1cc([C@H](N)CCO)c(O)c([N+](=O)[O-])c1. The number of rotatable bonds is 4. The first-order valence-electron chi connectivity index (χ1n) is 4.79. The van der Waals surface area contributed by atoms with Crippen molar-refractivity contribution in [1.82, 2.24) is 0 Å². The predicted octanol–water partition coefficient (Wildman–Crippen LogP) is 0.554. The number of nitrogens with zero attached hydrogens (tertiary/aromatic N) is 2. The smallest absolute Gasteiger partial charge is 0.312 e. The van der Waals surface area contributed by atoms with Crippen LogP contribution >= 0.6 is 0 Å². The number of phenols is 1. The van der Waals surface area contributed by atoms with Crippen molar-refractivity contribution in [2.45, 2.75) is 12.5 Å². The molecule has 0 saturated heterocycles. The van der Waals surface area contributed by atoms with Crippen LogP contribution in [0, 0.1) is 21.4 Å². The van der Waals surface area contributed by atoms with Gasteiger partial charge in [-0.1, -0.05) is 0 Å². The highest BCUT2D eigenvalue weighted by atomic mass is 16.6. The van der Waals surface area contributed by atoms with E-state index in [-0.39, 0.29) is 24.2 Å². The van der Waals surface area contributed by atoms with Crippen LogP contribution in [0.15, 0.2) is 12.1 Å². The fraction of sp³-hybridized carbons (Fsp3) is 0.300. The second kappa shape index (κ2) is 5.25. The molecule has 0 bridgehead atoms. The highest BCUT2D eigenvalue weighted by Crippen LogP contribution is 2.34. The van der Waals surface area contributed by atoms with E-state index in [1.54, 1.807) is 6.07 Å². The van der Waals surface area contributed by atoms with E-state index in [9.17, 15) is 15.2 Å². The van der Waals surface area contributed by atoms with Gasteiger partial charge in [0.05, 0.1) is 16.6 Å². The summed E-state index contributed by atoms with van der Waals surface area (Å²) in [6.07, 6.45) is 0.138. The molecule has 0 aliphatic carbocycles. The Morgan fingerprint density at radius 1 is 1.59 bits per heavy atom. The van der Waals surface area contributed by atoms with Crippen molar-refractivity contribution in [3.05, 3.63) is 33.4 Å². The summed E-state index contributed by atoms with van der Waals surface area (Å²) in [5.74, 6) is -0.560. The summed E-state index contributed by atoms with van der Waals surface area (Å²) in [7, 11) is 0. The van der Waals surface area contributed by atoms with E-state index in [0.717, 1.165) is 6.07 Å². The Kier molecular flexibility index (Phi) is 3.98. The van der Waals surface area contributed by atoms with Gasteiger partial charge in [0.15, 0.2) is 5.75 Å². The van der Waals surface area contributed by atoms with Crippen molar-refractivity contribution in [1.29, 1.82) is 5.26 Å². The molecule has 1 rings (SSSR count). The number of aliphatic hydroxyl groups excluding tert-OH is 1. The van der Waals surface area contributed by atoms with E-state index in [0.29, 0.717) is 0 Å². The predicted molar refractivity (Wildman–Crippen MR) is 58.1 cm³/mol. The first kappa shape index (κ1) is 12.9. The molecule has 0 aliphatic heterocycles. The zero-order valence-electron chi connectivity index (χ0n) is 8.83. The van der Waals surface area contributed by atoms with E-state index >= 15 is 0 Å². The molecule has 0 amide bonds. The molecule has 0 unspecified atom stereocenters. The van der Waals surface area contributed by atoms with Crippen LogP contribution in [0.2, 0.25) is 0 Å². The summed E-state index contributed by atoms with van der Waals surface area (Å²) < 4.78 is 0. The quantitative estimate of drug-likeness (QED) is 0.517. The fourth-order valence-corrected chi connectivity index (χ4v) is 1.42. The van der Waals surface area contributed by atoms with Crippen molar-refractivity contribution in [2.24, 2.45) is 5.73 Å². The number of aliphatic hydroxyl groups is 1. The van der Waals surface area contributed by atoms with E-state index in [1.807, 2.05) is 0 Å². The molecule has 1 atom stereocenters. The molecule has 7 heteroatoms.